The summed E-state index contributed by atoms with van der Waals surface area (Å²) in [5.74, 6) is -0.0994. The van der Waals surface area contributed by atoms with Crippen molar-refractivity contribution in [3.8, 4) is 0 Å². The normalized spacial score (nSPS) is 41.0. The molecule has 0 aromatic rings. The maximum Gasteiger partial charge on any atom is 0.523 e. The lowest BCUT2D eigenvalue weighted by Crippen LogP contribution is -2.49. The molecular weight excluding hydrogens is 297 g/mol. The van der Waals surface area contributed by atoms with Crippen molar-refractivity contribution in [1.29, 1.82) is 0 Å². The van der Waals surface area contributed by atoms with Crippen molar-refractivity contribution in [3.05, 3.63) is 0 Å². The fourth-order valence-corrected chi connectivity index (χ4v) is 5.01. The fourth-order valence-electron chi connectivity index (χ4n) is 4.27. The highest BCUT2D eigenvalue weighted by molar-refractivity contribution is 7.87. The number of hydrogen-bond acceptors (Lipinski definition) is 4. The maximum atomic E-state index is 12.5. The smallest absolute Gasteiger partial charge is 0.296 e. The molecule has 8 heteroatoms. The van der Waals surface area contributed by atoms with Crippen molar-refractivity contribution in [2.45, 2.75) is 49.6 Å². The number of ketones is 1. The molecule has 4 aliphatic rings. The molecule has 20 heavy (non-hydrogen) atoms. The SMILES string of the molecule is O=C1CC2C[C@@H]3C[C@H](C2)CC1(OS(=O)(=O)C(F)(F)F)C3. The number of Topliss-reactive ketones (excluding diaryl/α,β-unsaturated/α-hetero) is 1. The molecule has 0 spiro atoms. The van der Waals surface area contributed by atoms with Crippen LogP contribution in [0.5, 0.6) is 0 Å². The molecule has 4 rings (SSSR count). The molecule has 0 aromatic carbocycles. The molecule has 0 amide bonds. The summed E-state index contributed by atoms with van der Waals surface area (Å²) >= 11 is 0. The Labute approximate surface area is 114 Å². The number of hydrogen-bond donors (Lipinski definition) is 0. The second-order valence-electron chi connectivity index (χ2n) is 6.32. The van der Waals surface area contributed by atoms with Gasteiger partial charge in [0.05, 0.1) is 0 Å². The predicted octanol–water partition coefficient (Wildman–Crippen LogP) is 2.39. The topological polar surface area (TPSA) is 60.4 Å². The Morgan fingerprint density at radius 3 is 2.05 bits per heavy atom. The van der Waals surface area contributed by atoms with Gasteiger partial charge in [-0.3, -0.25) is 4.79 Å². The second-order valence-corrected chi connectivity index (χ2v) is 7.86. The van der Waals surface area contributed by atoms with Crippen LogP contribution in [0.15, 0.2) is 0 Å². The molecule has 4 fully saturated rings. The minimum atomic E-state index is -5.73. The first-order valence-electron chi connectivity index (χ1n) is 6.66. The standard InChI is InChI=1S/C12H15F3O4S/c13-12(14,15)20(17,18)19-11-5-8-1-7(4-10(11)16)2-9(3-8)6-11/h7-9H,1-6H2/t7?,8-,9+,11?. The molecule has 4 bridgehead atoms. The van der Waals surface area contributed by atoms with E-state index in [-0.39, 0.29) is 37.0 Å². The van der Waals surface area contributed by atoms with E-state index in [1.165, 1.54) is 0 Å². The predicted molar refractivity (Wildman–Crippen MR) is 62.0 cm³/mol. The Kier molecular flexibility index (Phi) is 3.00. The molecule has 0 N–H and O–H groups in total. The van der Waals surface area contributed by atoms with E-state index in [0.29, 0.717) is 0 Å². The zero-order valence-corrected chi connectivity index (χ0v) is 11.5. The first kappa shape index (κ1) is 14.3. The van der Waals surface area contributed by atoms with E-state index in [1.54, 1.807) is 0 Å². The van der Waals surface area contributed by atoms with Crippen LogP contribution in [0.1, 0.15) is 38.5 Å². The van der Waals surface area contributed by atoms with Crippen molar-refractivity contribution < 1.29 is 30.6 Å². The van der Waals surface area contributed by atoms with Crippen molar-refractivity contribution in [3.63, 3.8) is 0 Å². The van der Waals surface area contributed by atoms with Gasteiger partial charge in [-0.1, -0.05) is 0 Å². The molecule has 114 valence electrons. The molecule has 0 aromatic heterocycles. The van der Waals surface area contributed by atoms with Crippen LogP contribution in [0, 0.1) is 17.8 Å². The summed E-state index contributed by atoms with van der Waals surface area (Å²) in [6.45, 7) is 0. The number of halogens is 3. The van der Waals surface area contributed by atoms with Crippen molar-refractivity contribution in [1.82, 2.24) is 0 Å². The van der Waals surface area contributed by atoms with E-state index in [9.17, 15) is 26.4 Å². The van der Waals surface area contributed by atoms with E-state index in [1.807, 2.05) is 0 Å². The van der Waals surface area contributed by atoms with Gasteiger partial charge in [0.25, 0.3) is 0 Å². The average Bonchev–Trinajstić information content (AvgIpc) is 2.37. The molecule has 4 aliphatic carbocycles. The fraction of sp³-hybridized carbons (Fsp3) is 0.917. The third-order valence-electron chi connectivity index (χ3n) is 4.77. The monoisotopic (exact) mass is 312 g/mol. The molecule has 0 radical (unpaired) electrons. The minimum Gasteiger partial charge on any atom is -0.296 e. The largest absolute Gasteiger partial charge is 0.523 e. The van der Waals surface area contributed by atoms with Crippen molar-refractivity contribution >= 4 is 15.9 Å². The number of rotatable bonds is 2. The van der Waals surface area contributed by atoms with Gasteiger partial charge in [0.15, 0.2) is 5.78 Å². The minimum absolute atomic E-state index is 0.0994. The van der Waals surface area contributed by atoms with Gasteiger partial charge in [0.1, 0.15) is 5.60 Å². The first-order chi connectivity index (χ1) is 9.11. The summed E-state index contributed by atoms with van der Waals surface area (Å²) in [5.41, 5.74) is -7.25. The van der Waals surface area contributed by atoms with Gasteiger partial charge in [-0.25, -0.2) is 4.18 Å². The van der Waals surface area contributed by atoms with Crippen LogP contribution < -0.4 is 0 Å². The Bertz CT molecular complexity index is 525. The number of carbonyl (C=O) groups excluding carboxylic acids is 1. The summed E-state index contributed by atoms with van der Waals surface area (Å²) < 4.78 is 64.6. The first-order valence-corrected chi connectivity index (χ1v) is 8.07. The Balaban J connectivity index is 1.96. The molecular formula is C12H15F3O4S. The molecule has 4 nitrogen and oxygen atoms in total. The van der Waals surface area contributed by atoms with E-state index >= 15 is 0 Å². The van der Waals surface area contributed by atoms with Gasteiger partial charge in [-0.2, -0.15) is 21.6 Å². The molecule has 0 aliphatic heterocycles. The lowest BCUT2D eigenvalue weighted by Gasteiger charge is -2.43. The summed E-state index contributed by atoms with van der Waals surface area (Å²) in [4.78, 5) is 12.2. The average molecular weight is 312 g/mol. The highest BCUT2D eigenvalue weighted by Crippen LogP contribution is 2.54. The van der Waals surface area contributed by atoms with Crippen molar-refractivity contribution in [2.75, 3.05) is 0 Å². The molecule has 0 saturated heterocycles. The van der Waals surface area contributed by atoms with E-state index in [2.05, 4.69) is 4.18 Å². The van der Waals surface area contributed by atoms with Gasteiger partial charge in [-0.15, -0.1) is 0 Å². The number of alkyl halides is 3. The van der Waals surface area contributed by atoms with Crippen LogP contribution in [0.25, 0.3) is 0 Å². The third-order valence-corrected chi connectivity index (χ3v) is 5.88. The van der Waals surface area contributed by atoms with Gasteiger partial charge in [0, 0.05) is 6.42 Å². The summed E-state index contributed by atoms with van der Waals surface area (Å²) in [6.07, 6.45) is 2.79. The van der Waals surface area contributed by atoms with Crippen LogP contribution in [-0.2, 0) is 19.1 Å². The molecule has 4 atom stereocenters. The maximum absolute atomic E-state index is 12.5. The van der Waals surface area contributed by atoms with E-state index in [0.717, 1.165) is 19.3 Å². The van der Waals surface area contributed by atoms with Crippen LogP contribution in [0.4, 0.5) is 13.2 Å². The van der Waals surface area contributed by atoms with Gasteiger partial charge in [0.2, 0.25) is 0 Å². The van der Waals surface area contributed by atoms with Gasteiger partial charge in [-0.05, 0) is 49.9 Å². The quantitative estimate of drug-likeness (QED) is 0.580. The Hall–Kier alpha value is -0.630. The van der Waals surface area contributed by atoms with Crippen LogP contribution in [0.2, 0.25) is 0 Å². The Morgan fingerprint density at radius 1 is 1.05 bits per heavy atom. The zero-order chi connectivity index (χ0) is 14.8. The van der Waals surface area contributed by atoms with Gasteiger partial charge < -0.3 is 0 Å². The Morgan fingerprint density at radius 2 is 1.55 bits per heavy atom. The van der Waals surface area contributed by atoms with E-state index in [4.69, 9.17) is 0 Å². The van der Waals surface area contributed by atoms with Crippen molar-refractivity contribution in [2.24, 2.45) is 17.8 Å². The van der Waals surface area contributed by atoms with E-state index < -0.39 is 27.0 Å². The second kappa shape index (κ2) is 4.19. The molecule has 0 heterocycles. The summed E-state index contributed by atoms with van der Waals surface area (Å²) in [6, 6.07) is 0. The number of fused-ring (bicyclic) bond motifs is 1. The third kappa shape index (κ3) is 2.16. The lowest BCUT2D eigenvalue weighted by molar-refractivity contribution is -0.140. The van der Waals surface area contributed by atoms with Gasteiger partial charge >= 0.3 is 15.6 Å². The summed E-state index contributed by atoms with van der Waals surface area (Å²) in [7, 11) is -5.73. The molecule has 2 unspecified atom stereocenters. The number of carbonyl (C=O) groups is 1. The summed E-state index contributed by atoms with van der Waals surface area (Å²) in [5, 5.41) is 0. The highest BCUT2D eigenvalue weighted by Gasteiger charge is 2.59. The molecule has 4 saturated carbocycles. The van der Waals surface area contributed by atoms with Crippen LogP contribution in [-0.4, -0.2) is 25.3 Å². The zero-order valence-electron chi connectivity index (χ0n) is 10.6. The van der Waals surface area contributed by atoms with Crippen LogP contribution in [0.3, 0.4) is 0 Å². The lowest BCUT2D eigenvalue weighted by atomic mass is 9.66. The highest BCUT2D eigenvalue weighted by atomic mass is 32.2. The van der Waals surface area contributed by atoms with Crippen LogP contribution >= 0.6 is 0 Å².